The van der Waals surface area contributed by atoms with Crippen LogP contribution in [0.5, 0.6) is 0 Å². The van der Waals surface area contributed by atoms with Gasteiger partial charge in [-0.3, -0.25) is 9.59 Å². The van der Waals surface area contributed by atoms with E-state index >= 15 is 0 Å². The second kappa shape index (κ2) is 10.8. The number of hydrogen-bond acceptors (Lipinski definition) is 4. The molecule has 3 rings (SSSR count). The van der Waals surface area contributed by atoms with Crippen molar-refractivity contribution in [2.75, 3.05) is 6.54 Å². The van der Waals surface area contributed by atoms with Crippen molar-refractivity contribution in [3.63, 3.8) is 0 Å². The Morgan fingerprint density at radius 2 is 1.75 bits per heavy atom. The Morgan fingerprint density at radius 3 is 2.33 bits per heavy atom. The van der Waals surface area contributed by atoms with Gasteiger partial charge in [0.25, 0.3) is 0 Å². The summed E-state index contributed by atoms with van der Waals surface area (Å²) in [7, 11) is 0. The summed E-state index contributed by atoms with van der Waals surface area (Å²) in [4.78, 5) is 24.9. The zero-order chi connectivity index (χ0) is 26.8. The molecule has 1 aliphatic rings. The highest BCUT2D eigenvalue weighted by molar-refractivity contribution is 6.02. The van der Waals surface area contributed by atoms with E-state index in [-0.39, 0.29) is 36.1 Å². The molecule has 7 heteroatoms. The standard InChI is InChI=1S/C29H38F2N2O3/c1-17(34)33-24(12-19-9-20(30)13-21(31)10-19)26(35)16-32-25-15-29(5,6)27(36)22-8-7-18(11-23(22)25)14-28(2,3)4/h7-11,13,24-26,32,35H,12,14-16H2,1-6H3,(H,33,34)/t24?,25-,26-/m1/s1. The topological polar surface area (TPSA) is 78.4 Å². The van der Waals surface area contributed by atoms with E-state index in [0.29, 0.717) is 17.5 Å². The second-order valence-corrected chi connectivity index (χ2v) is 11.9. The number of hydrogen-bond donors (Lipinski definition) is 3. The summed E-state index contributed by atoms with van der Waals surface area (Å²) in [5.74, 6) is -1.67. The first-order chi connectivity index (χ1) is 16.6. The molecule has 3 N–H and O–H groups in total. The average Bonchev–Trinajstić information content (AvgIpc) is 2.72. The van der Waals surface area contributed by atoms with Crippen molar-refractivity contribution in [2.45, 2.75) is 79.0 Å². The molecule has 0 bridgehead atoms. The van der Waals surface area contributed by atoms with Crippen LogP contribution in [0.2, 0.25) is 0 Å². The van der Waals surface area contributed by atoms with Crippen molar-refractivity contribution >= 4 is 11.7 Å². The van der Waals surface area contributed by atoms with Gasteiger partial charge in [0, 0.05) is 36.6 Å². The Kier molecular flexibility index (Phi) is 8.36. The highest BCUT2D eigenvalue weighted by atomic mass is 19.1. The van der Waals surface area contributed by atoms with E-state index in [9.17, 15) is 23.5 Å². The lowest BCUT2D eigenvalue weighted by molar-refractivity contribution is -0.120. The molecule has 5 nitrogen and oxygen atoms in total. The fraction of sp³-hybridized carbons (Fsp3) is 0.517. The van der Waals surface area contributed by atoms with Gasteiger partial charge in [-0.05, 0) is 53.5 Å². The zero-order valence-corrected chi connectivity index (χ0v) is 22.0. The van der Waals surface area contributed by atoms with Gasteiger partial charge in [0.05, 0.1) is 12.1 Å². The maximum Gasteiger partial charge on any atom is 0.217 e. The molecule has 3 atom stereocenters. The average molecular weight is 501 g/mol. The number of amides is 1. The number of carbonyl (C=O) groups is 2. The summed E-state index contributed by atoms with van der Waals surface area (Å²) in [6, 6.07) is 8.25. The Bertz CT molecular complexity index is 1100. The Balaban J connectivity index is 1.82. The molecule has 0 heterocycles. The molecule has 36 heavy (non-hydrogen) atoms. The van der Waals surface area contributed by atoms with Gasteiger partial charge in [0.2, 0.25) is 5.91 Å². The molecule has 1 unspecified atom stereocenters. The molecule has 2 aromatic carbocycles. The van der Waals surface area contributed by atoms with Crippen LogP contribution in [0.1, 0.15) is 81.1 Å². The van der Waals surface area contributed by atoms with Crippen LogP contribution in [0.4, 0.5) is 8.78 Å². The number of aliphatic hydroxyl groups excluding tert-OH is 1. The molecule has 0 saturated carbocycles. The fourth-order valence-electron chi connectivity index (χ4n) is 5.02. The van der Waals surface area contributed by atoms with Gasteiger partial charge in [0.1, 0.15) is 11.6 Å². The minimum Gasteiger partial charge on any atom is -0.390 e. The number of benzene rings is 2. The lowest BCUT2D eigenvalue weighted by Crippen LogP contribution is -2.49. The number of carbonyl (C=O) groups excluding carboxylic acids is 2. The van der Waals surface area contributed by atoms with Crippen molar-refractivity contribution in [3.05, 3.63) is 70.3 Å². The smallest absolute Gasteiger partial charge is 0.217 e. The van der Waals surface area contributed by atoms with Crippen LogP contribution in [0.25, 0.3) is 0 Å². The summed E-state index contributed by atoms with van der Waals surface area (Å²) < 4.78 is 27.4. The lowest BCUT2D eigenvalue weighted by Gasteiger charge is -2.37. The highest BCUT2D eigenvalue weighted by Crippen LogP contribution is 2.41. The minimum atomic E-state index is -1.03. The first-order valence-electron chi connectivity index (χ1n) is 12.5. The molecule has 0 saturated heterocycles. The first-order valence-corrected chi connectivity index (χ1v) is 12.5. The van der Waals surface area contributed by atoms with E-state index in [1.54, 1.807) is 0 Å². The lowest BCUT2D eigenvalue weighted by atomic mass is 9.70. The van der Waals surface area contributed by atoms with Gasteiger partial charge in [-0.25, -0.2) is 8.78 Å². The second-order valence-electron chi connectivity index (χ2n) is 11.9. The van der Waals surface area contributed by atoms with Crippen LogP contribution in [-0.2, 0) is 17.6 Å². The van der Waals surface area contributed by atoms with Crippen molar-refractivity contribution < 1.29 is 23.5 Å². The molecule has 0 spiro atoms. The van der Waals surface area contributed by atoms with Crippen LogP contribution in [0.15, 0.2) is 36.4 Å². The summed E-state index contributed by atoms with van der Waals surface area (Å²) >= 11 is 0. The van der Waals surface area contributed by atoms with Crippen molar-refractivity contribution in [2.24, 2.45) is 10.8 Å². The van der Waals surface area contributed by atoms with Crippen molar-refractivity contribution in [1.29, 1.82) is 0 Å². The van der Waals surface area contributed by atoms with Crippen LogP contribution in [-0.4, -0.2) is 35.5 Å². The van der Waals surface area contributed by atoms with Gasteiger partial charge in [-0.15, -0.1) is 0 Å². The van der Waals surface area contributed by atoms with Crippen molar-refractivity contribution in [3.8, 4) is 0 Å². The first kappa shape index (κ1) is 27.9. The molecular formula is C29H38F2N2O3. The van der Waals surface area contributed by atoms with E-state index in [0.717, 1.165) is 23.6 Å². The van der Waals surface area contributed by atoms with E-state index in [2.05, 4.69) is 37.5 Å². The maximum absolute atomic E-state index is 13.7. The normalized spacial score (nSPS) is 18.9. The number of rotatable bonds is 8. The zero-order valence-electron chi connectivity index (χ0n) is 22.0. The van der Waals surface area contributed by atoms with E-state index < -0.39 is 29.2 Å². The van der Waals surface area contributed by atoms with Gasteiger partial charge in [-0.1, -0.05) is 52.8 Å². The molecular weight excluding hydrogens is 462 g/mol. The van der Waals surface area contributed by atoms with Gasteiger partial charge in [0.15, 0.2) is 5.78 Å². The van der Waals surface area contributed by atoms with Crippen LogP contribution >= 0.6 is 0 Å². The number of nitrogens with one attached hydrogen (secondary N) is 2. The fourth-order valence-corrected chi connectivity index (χ4v) is 5.02. The molecule has 1 amide bonds. The molecule has 0 aromatic heterocycles. The predicted molar refractivity (Wildman–Crippen MR) is 137 cm³/mol. The van der Waals surface area contributed by atoms with E-state index in [1.807, 2.05) is 26.0 Å². The summed E-state index contributed by atoms with van der Waals surface area (Å²) in [6.45, 7) is 11.8. The molecule has 0 fully saturated rings. The monoisotopic (exact) mass is 500 g/mol. The van der Waals surface area contributed by atoms with Gasteiger partial charge >= 0.3 is 0 Å². The summed E-state index contributed by atoms with van der Waals surface area (Å²) in [6.07, 6.45) is 0.465. The molecule has 196 valence electrons. The molecule has 0 aliphatic heterocycles. The number of ketones is 1. The van der Waals surface area contributed by atoms with Gasteiger partial charge < -0.3 is 15.7 Å². The maximum atomic E-state index is 13.7. The molecule has 0 radical (unpaired) electrons. The predicted octanol–water partition coefficient (Wildman–Crippen LogP) is 4.91. The van der Waals surface area contributed by atoms with Crippen LogP contribution in [0, 0.1) is 22.5 Å². The number of fused-ring (bicyclic) bond motifs is 1. The number of aliphatic hydroxyl groups is 1. The summed E-state index contributed by atoms with van der Waals surface area (Å²) in [5.41, 5.74) is 2.60. The van der Waals surface area contributed by atoms with Crippen LogP contribution < -0.4 is 10.6 Å². The summed E-state index contributed by atoms with van der Waals surface area (Å²) in [5, 5.41) is 17.1. The molecule has 1 aliphatic carbocycles. The third-order valence-corrected chi connectivity index (χ3v) is 6.60. The van der Waals surface area contributed by atoms with Crippen LogP contribution in [0.3, 0.4) is 0 Å². The van der Waals surface area contributed by atoms with Gasteiger partial charge in [-0.2, -0.15) is 0 Å². The molecule has 2 aromatic rings. The Morgan fingerprint density at radius 1 is 1.11 bits per heavy atom. The Labute approximate surface area is 212 Å². The largest absolute Gasteiger partial charge is 0.390 e. The third kappa shape index (κ3) is 7.20. The minimum absolute atomic E-state index is 0.0675. The number of Topliss-reactive ketones (excluding diaryl/α,β-unsaturated/α-hetero) is 1. The van der Waals surface area contributed by atoms with E-state index in [4.69, 9.17) is 0 Å². The number of halogens is 2. The third-order valence-electron chi connectivity index (χ3n) is 6.60. The Hall–Kier alpha value is -2.64. The van der Waals surface area contributed by atoms with Crippen molar-refractivity contribution in [1.82, 2.24) is 10.6 Å². The highest BCUT2D eigenvalue weighted by Gasteiger charge is 2.39. The van der Waals surface area contributed by atoms with E-state index in [1.165, 1.54) is 19.1 Å². The SMILES string of the molecule is CC(=O)NC(Cc1cc(F)cc(F)c1)[C@H](O)CN[C@@H]1CC(C)(C)C(=O)c2ccc(CC(C)(C)C)cc21. The quantitative estimate of drug-likeness (QED) is 0.482.